The van der Waals surface area contributed by atoms with Crippen molar-refractivity contribution >= 4 is 11.6 Å². The number of halogens is 1. The van der Waals surface area contributed by atoms with Crippen molar-refractivity contribution in [3.8, 4) is 0 Å². The monoisotopic (exact) mass is 340 g/mol. The zero-order valence-corrected chi connectivity index (χ0v) is 15.1. The molecule has 0 bridgehead atoms. The molecular formula is C21H25FN2O. The third kappa shape index (κ3) is 4.01. The van der Waals surface area contributed by atoms with Crippen LogP contribution in [0.2, 0.25) is 0 Å². The van der Waals surface area contributed by atoms with E-state index in [2.05, 4.69) is 49.9 Å². The van der Waals surface area contributed by atoms with Crippen molar-refractivity contribution in [3.05, 3.63) is 65.5 Å². The molecule has 0 saturated carbocycles. The second-order valence-electron chi connectivity index (χ2n) is 7.58. The number of hydrogen-bond donors (Lipinski definition) is 0. The van der Waals surface area contributed by atoms with E-state index in [0.29, 0.717) is 18.7 Å². The fourth-order valence-electron chi connectivity index (χ4n) is 3.12. The van der Waals surface area contributed by atoms with E-state index < -0.39 is 0 Å². The molecule has 0 radical (unpaired) electrons. The summed E-state index contributed by atoms with van der Waals surface area (Å²) in [6, 6.07) is 14.5. The molecule has 25 heavy (non-hydrogen) atoms. The summed E-state index contributed by atoms with van der Waals surface area (Å²) in [6.07, 6.45) is 0. The lowest BCUT2D eigenvalue weighted by molar-refractivity contribution is 0.0746. The first-order chi connectivity index (χ1) is 11.8. The van der Waals surface area contributed by atoms with Gasteiger partial charge >= 0.3 is 0 Å². The van der Waals surface area contributed by atoms with Crippen LogP contribution < -0.4 is 4.90 Å². The fraction of sp³-hybridized carbons (Fsp3) is 0.381. The molecule has 4 heteroatoms. The highest BCUT2D eigenvalue weighted by molar-refractivity contribution is 5.94. The molecule has 0 unspecified atom stereocenters. The van der Waals surface area contributed by atoms with Crippen molar-refractivity contribution in [1.29, 1.82) is 0 Å². The minimum atomic E-state index is -0.319. The van der Waals surface area contributed by atoms with Crippen LogP contribution in [0.1, 0.15) is 36.7 Å². The number of amides is 1. The molecular weight excluding hydrogens is 315 g/mol. The number of rotatable bonds is 2. The highest BCUT2D eigenvalue weighted by atomic mass is 19.1. The zero-order chi connectivity index (χ0) is 18.0. The Morgan fingerprint density at radius 3 is 1.96 bits per heavy atom. The molecule has 3 rings (SSSR count). The fourth-order valence-corrected chi connectivity index (χ4v) is 3.12. The number of carbonyl (C=O) groups is 1. The van der Waals surface area contributed by atoms with Crippen LogP contribution in [-0.4, -0.2) is 37.0 Å². The molecule has 2 aromatic carbocycles. The molecule has 132 valence electrons. The minimum absolute atomic E-state index is 0.0252. The maximum Gasteiger partial charge on any atom is 0.253 e. The third-order valence-corrected chi connectivity index (χ3v) is 4.76. The van der Waals surface area contributed by atoms with Gasteiger partial charge in [-0.1, -0.05) is 32.9 Å². The molecule has 0 atom stereocenters. The van der Waals surface area contributed by atoms with Gasteiger partial charge in [0.05, 0.1) is 0 Å². The number of carbonyl (C=O) groups excluding carboxylic acids is 1. The highest BCUT2D eigenvalue weighted by Crippen LogP contribution is 2.25. The number of piperazine rings is 1. The first-order valence-corrected chi connectivity index (χ1v) is 8.75. The molecule has 1 aliphatic rings. The maximum absolute atomic E-state index is 13.0. The van der Waals surface area contributed by atoms with Crippen LogP contribution in [0.4, 0.5) is 10.1 Å². The van der Waals surface area contributed by atoms with E-state index in [1.807, 2.05) is 4.90 Å². The summed E-state index contributed by atoms with van der Waals surface area (Å²) >= 11 is 0. The van der Waals surface area contributed by atoms with Crippen LogP contribution in [-0.2, 0) is 5.41 Å². The molecule has 0 spiro atoms. The molecule has 3 nitrogen and oxygen atoms in total. The van der Waals surface area contributed by atoms with Crippen molar-refractivity contribution in [2.24, 2.45) is 0 Å². The summed E-state index contributed by atoms with van der Waals surface area (Å²) in [7, 11) is 0. The maximum atomic E-state index is 13.0. The van der Waals surface area contributed by atoms with E-state index in [0.717, 1.165) is 13.1 Å². The van der Waals surface area contributed by atoms with Crippen LogP contribution in [0.25, 0.3) is 0 Å². The molecule has 0 aromatic heterocycles. The van der Waals surface area contributed by atoms with Crippen molar-refractivity contribution in [3.63, 3.8) is 0 Å². The summed E-state index contributed by atoms with van der Waals surface area (Å²) in [5, 5.41) is 0. The molecule has 1 fully saturated rings. The Bertz CT molecular complexity index is 724. The topological polar surface area (TPSA) is 23.6 Å². The lowest BCUT2D eigenvalue weighted by Crippen LogP contribution is -2.48. The van der Waals surface area contributed by atoms with E-state index in [4.69, 9.17) is 0 Å². The Labute approximate surface area is 149 Å². The average molecular weight is 340 g/mol. The third-order valence-electron chi connectivity index (χ3n) is 4.76. The van der Waals surface area contributed by atoms with Gasteiger partial charge in [-0.25, -0.2) is 4.39 Å². The summed E-state index contributed by atoms with van der Waals surface area (Å²) < 4.78 is 13.0. The first-order valence-electron chi connectivity index (χ1n) is 8.75. The Morgan fingerprint density at radius 1 is 0.880 bits per heavy atom. The summed E-state index contributed by atoms with van der Waals surface area (Å²) in [6.45, 7) is 9.60. The van der Waals surface area contributed by atoms with Crippen LogP contribution >= 0.6 is 0 Å². The Kier molecular flexibility index (Phi) is 4.80. The lowest BCUT2D eigenvalue weighted by atomic mass is 9.87. The van der Waals surface area contributed by atoms with Gasteiger partial charge in [0.15, 0.2) is 0 Å². The number of benzene rings is 2. The molecule has 0 N–H and O–H groups in total. The molecule has 1 heterocycles. The predicted octanol–water partition coefficient (Wildman–Crippen LogP) is 4.09. The molecule has 1 amide bonds. The predicted molar refractivity (Wildman–Crippen MR) is 99.7 cm³/mol. The first kappa shape index (κ1) is 17.5. The Balaban J connectivity index is 1.61. The smallest absolute Gasteiger partial charge is 0.253 e. The number of hydrogen-bond acceptors (Lipinski definition) is 2. The van der Waals surface area contributed by atoms with E-state index >= 15 is 0 Å². The van der Waals surface area contributed by atoms with Crippen molar-refractivity contribution in [2.45, 2.75) is 26.2 Å². The van der Waals surface area contributed by atoms with Crippen LogP contribution in [0.15, 0.2) is 48.5 Å². The standard InChI is InChI=1S/C21H25FN2O/c1-21(2,3)17-6-10-19(11-7-17)23-12-14-24(15-13-23)20(25)16-4-8-18(22)9-5-16/h4-11H,12-15H2,1-3H3. The van der Waals surface area contributed by atoms with Gasteiger partial charge < -0.3 is 9.80 Å². The second-order valence-corrected chi connectivity index (χ2v) is 7.58. The van der Waals surface area contributed by atoms with E-state index in [1.54, 1.807) is 12.1 Å². The van der Waals surface area contributed by atoms with Gasteiger partial charge in [-0.05, 0) is 47.4 Å². The summed E-state index contributed by atoms with van der Waals surface area (Å²) in [4.78, 5) is 16.6. The van der Waals surface area contributed by atoms with Gasteiger partial charge in [0.1, 0.15) is 5.82 Å². The van der Waals surface area contributed by atoms with Crippen LogP contribution in [0.3, 0.4) is 0 Å². The second kappa shape index (κ2) is 6.87. The largest absolute Gasteiger partial charge is 0.368 e. The molecule has 0 aliphatic carbocycles. The summed E-state index contributed by atoms with van der Waals surface area (Å²) in [5.74, 6) is -0.345. The van der Waals surface area contributed by atoms with Gasteiger partial charge in [0.2, 0.25) is 0 Å². The minimum Gasteiger partial charge on any atom is -0.368 e. The van der Waals surface area contributed by atoms with Gasteiger partial charge in [-0.2, -0.15) is 0 Å². The van der Waals surface area contributed by atoms with E-state index in [-0.39, 0.29) is 17.1 Å². The quantitative estimate of drug-likeness (QED) is 0.822. The van der Waals surface area contributed by atoms with Gasteiger partial charge in [-0.3, -0.25) is 4.79 Å². The molecule has 2 aromatic rings. The highest BCUT2D eigenvalue weighted by Gasteiger charge is 2.22. The Morgan fingerprint density at radius 2 is 1.44 bits per heavy atom. The van der Waals surface area contributed by atoms with Crippen molar-refractivity contribution in [2.75, 3.05) is 31.1 Å². The van der Waals surface area contributed by atoms with Gasteiger partial charge in [0.25, 0.3) is 5.91 Å². The average Bonchev–Trinajstić information content (AvgIpc) is 2.61. The molecule has 1 saturated heterocycles. The molecule has 1 aliphatic heterocycles. The van der Waals surface area contributed by atoms with E-state index in [1.165, 1.54) is 23.4 Å². The zero-order valence-electron chi connectivity index (χ0n) is 15.1. The van der Waals surface area contributed by atoms with E-state index in [9.17, 15) is 9.18 Å². The van der Waals surface area contributed by atoms with Crippen molar-refractivity contribution < 1.29 is 9.18 Å². The normalized spacial score (nSPS) is 15.4. The van der Waals surface area contributed by atoms with Crippen molar-refractivity contribution in [1.82, 2.24) is 4.90 Å². The summed E-state index contributed by atoms with van der Waals surface area (Å²) in [5.41, 5.74) is 3.21. The van der Waals surface area contributed by atoms with Crippen LogP contribution in [0, 0.1) is 5.82 Å². The SMILES string of the molecule is CC(C)(C)c1ccc(N2CCN(C(=O)c3ccc(F)cc3)CC2)cc1. The number of nitrogens with zero attached hydrogens (tertiary/aromatic N) is 2. The number of anilines is 1. The van der Waals surface area contributed by atoms with Crippen LogP contribution in [0.5, 0.6) is 0 Å². The van der Waals surface area contributed by atoms with Gasteiger partial charge in [0, 0.05) is 37.4 Å². The van der Waals surface area contributed by atoms with Gasteiger partial charge in [-0.15, -0.1) is 0 Å². The lowest BCUT2D eigenvalue weighted by Gasteiger charge is -2.36. The Hall–Kier alpha value is -2.36.